The van der Waals surface area contributed by atoms with Gasteiger partial charge < -0.3 is 5.32 Å². The van der Waals surface area contributed by atoms with Crippen LogP contribution >= 0.6 is 11.5 Å². The van der Waals surface area contributed by atoms with E-state index < -0.39 is 0 Å². The fourth-order valence-electron chi connectivity index (χ4n) is 1.95. The molecule has 0 fully saturated rings. The fraction of sp³-hybridized carbons (Fsp3) is 0.154. The number of carbonyl (C=O) groups excluding carboxylic acids is 1. The van der Waals surface area contributed by atoms with Crippen LogP contribution in [-0.4, -0.2) is 33.7 Å². The van der Waals surface area contributed by atoms with E-state index in [1.54, 1.807) is 0 Å². The van der Waals surface area contributed by atoms with Gasteiger partial charge in [0.25, 0.3) is 5.91 Å². The molecule has 2 heterocycles. The van der Waals surface area contributed by atoms with E-state index in [0.717, 1.165) is 28.1 Å². The van der Waals surface area contributed by atoms with Gasteiger partial charge in [0.2, 0.25) is 0 Å². The Bertz CT molecular complexity index is 826. The molecule has 0 bridgehead atoms. The highest BCUT2D eigenvalue weighted by atomic mass is 32.1. The van der Waals surface area contributed by atoms with Crippen LogP contribution in [0.5, 0.6) is 0 Å². The van der Waals surface area contributed by atoms with Gasteiger partial charge >= 0.3 is 0 Å². The number of nitrogens with zero attached hydrogens (tertiary/aromatic N) is 4. The Hall–Kier alpha value is -2.41. The first kappa shape index (κ1) is 12.6. The maximum Gasteiger partial charge on any atom is 0.265 e. The number of aliphatic imine (C=N–C) groups is 1. The van der Waals surface area contributed by atoms with Crippen LogP contribution in [0.15, 0.2) is 23.2 Å². The third-order valence-corrected chi connectivity index (χ3v) is 3.72. The third-order valence-electron chi connectivity index (χ3n) is 2.89. The lowest BCUT2D eigenvalue weighted by molar-refractivity contribution is 0.0961. The molecule has 3 aromatic rings. The smallest absolute Gasteiger partial charge is 0.265 e. The maximum absolute atomic E-state index is 11.9. The number of hydrogen-bond donors (Lipinski definition) is 1. The number of benzene rings is 1. The molecule has 0 saturated heterocycles. The number of nitrogens with one attached hydrogen (secondary N) is 1. The lowest BCUT2D eigenvalue weighted by Crippen LogP contribution is -2.21. The van der Waals surface area contributed by atoms with Crippen molar-refractivity contribution in [3.8, 4) is 0 Å². The van der Waals surface area contributed by atoms with E-state index >= 15 is 0 Å². The molecule has 1 aromatic carbocycles. The second-order valence-electron chi connectivity index (χ2n) is 4.13. The summed E-state index contributed by atoms with van der Waals surface area (Å²) in [6.45, 7) is 5.93. The van der Waals surface area contributed by atoms with E-state index in [1.807, 2.05) is 25.1 Å². The first-order valence-electron chi connectivity index (χ1n) is 6.05. The minimum Gasteiger partial charge on any atom is -0.351 e. The van der Waals surface area contributed by atoms with Gasteiger partial charge in [-0.2, -0.15) is 4.37 Å². The van der Waals surface area contributed by atoms with Crippen LogP contribution in [-0.2, 0) is 0 Å². The first-order valence-corrected chi connectivity index (χ1v) is 6.82. The van der Waals surface area contributed by atoms with Crippen molar-refractivity contribution in [1.29, 1.82) is 0 Å². The van der Waals surface area contributed by atoms with Crippen LogP contribution in [0, 0.1) is 0 Å². The van der Waals surface area contributed by atoms with Gasteiger partial charge in [-0.25, -0.2) is 0 Å². The molecular formula is C13H11N5OS. The molecule has 1 amide bonds. The van der Waals surface area contributed by atoms with E-state index in [1.165, 1.54) is 0 Å². The number of carbonyl (C=O) groups is 1. The van der Waals surface area contributed by atoms with Crippen LogP contribution < -0.4 is 5.32 Å². The van der Waals surface area contributed by atoms with E-state index in [0.29, 0.717) is 22.5 Å². The quantitative estimate of drug-likeness (QED) is 0.749. The Morgan fingerprint density at radius 2 is 2.25 bits per heavy atom. The molecule has 3 rings (SSSR count). The normalized spacial score (nSPS) is 10.8. The van der Waals surface area contributed by atoms with Crippen LogP contribution in [0.3, 0.4) is 0 Å². The Morgan fingerprint density at radius 3 is 3.00 bits per heavy atom. The zero-order chi connectivity index (χ0) is 14.1. The molecule has 0 radical (unpaired) electrons. The standard InChI is InChI=1S/C13H11N5OS/c1-3-15-13(19)12-11-10(18-20-12)8-6-7(14-2)4-5-9(8)16-17-11/h4-6H,2-3H2,1H3,(H,15,19). The summed E-state index contributed by atoms with van der Waals surface area (Å²) in [7, 11) is 0. The highest BCUT2D eigenvalue weighted by Crippen LogP contribution is 2.28. The highest BCUT2D eigenvalue weighted by Gasteiger charge is 2.17. The molecule has 0 aliphatic heterocycles. The minimum absolute atomic E-state index is 0.174. The van der Waals surface area contributed by atoms with Crippen molar-refractivity contribution >= 4 is 51.8 Å². The van der Waals surface area contributed by atoms with E-state index in [2.05, 4.69) is 31.6 Å². The third kappa shape index (κ3) is 1.92. The van der Waals surface area contributed by atoms with Gasteiger partial charge in [-0.1, -0.05) is 0 Å². The molecule has 1 N–H and O–H groups in total. The summed E-state index contributed by atoms with van der Waals surface area (Å²) in [4.78, 5) is 16.3. The predicted octanol–water partition coefficient (Wildman–Crippen LogP) is 2.32. The SMILES string of the molecule is C=Nc1ccc2nnc3c(C(=O)NCC)snc3c2c1. The summed E-state index contributed by atoms with van der Waals surface area (Å²) in [5.74, 6) is -0.174. The number of rotatable bonds is 3. The largest absolute Gasteiger partial charge is 0.351 e. The van der Waals surface area contributed by atoms with Crippen LogP contribution in [0.1, 0.15) is 16.6 Å². The molecule has 6 nitrogen and oxygen atoms in total. The molecule has 0 atom stereocenters. The Morgan fingerprint density at radius 1 is 1.40 bits per heavy atom. The number of amides is 1. The van der Waals surface area contributed by atoms with Gasteiger partial charge in [-0.15, -0.1) is 10.2 Å². The highest BCUT2D eigenvalue weighted by molar-refractivity contribution is 7.09. The summed E-state index contributed by atoms with van der Waals surface area (Å²) in [6, 6.07) is 5.48. The average Bonchev–Trinajstić information content (AvgIpc) is 2.91. The Kier molecular flexibility index (Phi) is 3.11. The van der Waals surface area contributed by atoms with Crippen molar-refractivity contribution in [3.63, 3.8) is 0 Å². The van der Waals surface area contributed by atoms with Crippen molar-refractivity contribution in [3.05, 3.63) is 23.1 Å². The molecular weight excluding hydrogens is 274 g/mol. The number of hydrogen-bond acceptors (Lipinski definition) is 6. The molecule has 100 valence electrons. The Balaban J connectivity index is 2.27. The predicted molar refractivity (Wildman–Crippen MR) is 79.9 cm³/mol. The van der Waals surface area contributed by atoms with Gasteiger partial charge in [0.1, 0.15) is 15.9 Å². The van der Waals surface area contributed by atoms with Crippen LogP contribution in [0.4, 0.5) is 5.69 Å². The van der Waals surface area contributed by atoms with Crippen molar-refractivity contribution in [2.75, 3.05) is 6.54 Å². The van der Waals surface area contributed by atoms with Gasteiger partial charge in [0, 0.05) is 11.9 Å². The summed E-state index contributed by atoms with van der Waals surface area (Å²) in [5, 5.41) is 11.8. The summed E-state index contributed by atoms with van der Waals surface area (Å²) in [5.41, 5.74) is 2.65. The summed E-state index contributed by atoms with van der Waals surface area (Å²) >= 11 is 1.13. The molecule has 2 aromatic heterocycles. The molecule has 0 unspecified atom stereocenters. The molecule has 0 spiro atoms. The van der Waals surface area contributed by atoms with Crippen molar-refractivity contribution in [2.24, 2.45) is 4.99 Å². The maximum atomic E-state index is 11.9. The second kappa shape index (κ2) is 4.93. The van der Waals surface area contributed by atoms with Crippen molar-refractivity contribution < 1.29 is 4.79 Å². The zero-order valence-electron chi connectivity index (χ0n) is 10.8. The summed E-state index contributed by atoms with van der Waals surface area (Å²) < 4.78 is 4.34. The Labute approximate surface area is 118 Å². The lowest BCUT2D eigenvalue weighted by Gasteiger charge is -2.00. The molecule has 0 aliphatic carbocycles. The monoisotopic (exact) mass is 285 g/mol. The first-order chi connectivity index (χ1) is 9.74. The number of aromatic nitrogens is 3. The van der Waals surface area contributed by atoms with Crippen LogP contribution in [0.25, 0.3) is 21.9 Å². The van der Waals surface area contributed by atoms with E-state index in [-0.39, 0.29) is 5.91 Å². The zero-order valence-corrected chi connectivity index (χ0v) is 11.6. The van der Waals surface area contributed by atoms with Crippen LogP contribution in [0.2, 0.25) is 0 Å². The van der Waals surface area contributed by atoms with Gasteiger partial charge in [-0.05, 0) is 43.4 Å². The van der Waals surface area contributed by atoms with Crippen molar-refractivity contribution in [1.82, 2.24) is 19.9 Å². The molecule has 0 aliphatic rings. The van der Waals surface area contributed by atoms with Gasteiger partial charge in [0.05, 0.1) is 11.2 Å². The van der Waals surface area contributed by atoms with Gasteiger partial charge in [0.15, 0.2) is 0 Å². The van der Waals surface area contributed by atoms with E-state index in [4.69, 9.17) is 0 Å². The summed E-state index contributed by atoms with van der Waals surface area (Å²) in [6.07, 6.45) is 0. The molecule has 0 saturated carbocycles. The fourth-order valence-corrected chi connectivity index (χ4v) is 2.69. The topological polar surface area (TPSA) is 80.1 Å². The molecule has 20 heavy (non-hydrogen) atoms. The minimum atomic E-state index is -0.174. The van der Waals surface area contributed by atoms with E-state index in [9.17, 15) is 4.79 Å². The lowest BCUT2D eigenvalue weighted by atomic mass is 10.2. The van der Waals surface area contributed by atoms with Crippen molar-refractivity contribution in [2.45, 2.75) is 6.92 Å². The number of fused-ring (bicyclic) bond motifs is 3. The average molecular weight is 285 g/mol. The van der Waals surface area contributed by atoms with Gasteiger partial charge in [-0.3, -0.25) is 9.79 Å². The molecule has 7 heteroatoms. The second-order valence-corrected chi connectivity index (χ2v) is 4.90.